The van der Waals surface area contributed by atoms with E-state index in [1.165, 1.54) is 0 Å². The Morgan fingerprint density at radius 3 is 2.35 bits per heavy atom. The zero-order valence-electron chi connectivity index (χ0n) is 8.80. The van der Waals surface area contributed by atoms with Gasteiger partial charge in [-0.25, -0.2) is 8.78 Å². The van der Waals surface area contributed by atoms with Gasteiger partial charge in [-0.2, -0.15) is 8.78 Å². The maximum absolute atomic E-state index is 12.5. The van der Waals surface area contributed by atoms with E-state index in [-0.39, 0.29) is 6.54 Å². The molecule has 0 spiro atoms. The molecule has 1 aromatic carbocycles. The van der Waals surface area contributed by atoms with Crippen LogP contribution in [0.3, 0.4) is 0 Å². The number of carbonyl (C=O) groups excluding carboxylic acids is 1. The van der Waals surface area contributed by atoms with Gasteiger partial charge in [0.1, 0.15) is 0 Å². The van der Waals surface area contributed by atoms with Crippen molar-refractivity contribution in [3.8, 4) is 0 Å². The molecule has 0 saturated heterocycles. The fraction of sp³-hybridized carbons (Fsp3) is 0.364. The van der Waals surface area contributed by atoms with Crippen molar-refractivity contribution >= 4 is 5.91 Å². The molecule has 1 N–H and O–H groups in total. The number of carbonyl (C=O) groups is 1. The smallest absolute Gasteiger partial charge is 0.350 e. The van der Waals surface area contributed by atoms with Crippen molar-refractivity contribution in [3.05, 3.63) is 35.9 Å². The second-order valence-corrected chi connectivity index (χ2v) is 3.42. The van der Waals surface area contributed by atoms with Gasteiger partial charge in [-0.05, 0) is 12.0 Å². The van der Waals surface area contributed by atoms with Crippen LogP contribution >= 0.6 is 0 Å². The lowest BCUT2D eigenvalue weighted by molar-refractivity contribution is -0.169. The largest absolute Gasteiger partial charge is 0.383 e. The van der Waals surface area contributed by atoms with Gasteiger partial charge in [-0.15, -0.1) is 0 Å². The summed E-state index contributed by atoms with van der Waals surface area (Å²) in [4.78, 5) is 10.8. The van der Waals surface area contributed by atoms with E-state index < -0.39 is 18.3 Å². The van der Waals surface area contributed by atoms with Crippen molar-refractivity contribution in [1.29, 1.82) is 0 Å². The number of benzene rings is 1. The molecule has 0 aromatic heterocycles. The molecule has 0 atom stereocenters. The van der Waals surface area contributed by atoms with Crippen LogP contribution in [-0.2, 0) is 11.2 Å². The van der Waals surface area contributed by atoms with E-state index in [1.807, 2.05) is 0 Å². The molecule has 1 aromatic rings. The van der Waals surface area contributed by atoms with E-state index in [9.17, 15) is 22.4 Å². The quantitative estimate of drug-likeness (QED) is 0.797. The fourth-order valence-electron chi connectivity index (χ4n) is 1.18. The third kappa shape index (κ3) is 3.72. The van der Waals surface area contributed by atoms with E-state index in [4.69, 9.17) is 0 Å². The van der Waals surface area contributed by atoms with Crippen LogP contribution in [0.1, 0.15) is 5.56 Å². The van der Waals surface area contributed by atoms with Gasteiger partial charge < -0.3 is 5.32 Å². The number of halogens is 4. The molecular formula is C11H11F4NO. The van der Waals surface area contributed by atoms with Crippen LogP contribution < -0.4 is 5.32 Å². The van der Waals surface area contributed by atoms with Crippen molar-refractivity contribution < 1.29 is 22.4 Å². The Morgan fingerprint density at radius 2 is 1.82 bits per heavy atom. The Morgan fingerprint density at radius 1 is 1.24 bits per heavy atom. The lowest BCUT2D eigenvalue weighted by Crippen LogP contribution is -2.45. The molecule has 0 bridgehead atoms. The summed E-state index contributed by atoms with van der Waals surface area (Å²) in [6.45, 7) is -0.106. The first-order valence-corrected chi connectivity index (χ1v) is 4.92. The highest BCUT2D eigenvalue weighted by molar-refractivity contribution is 5.83. The summed E-state index contributed by atoms with van der Waals surface area (Å²) in [6, 6.07) is 8.79. The number of hydrogen-bond acceptors (Lipinski definition) is 1. The number of amides is 1. The van der Waals surface area contributed by atoms with Gasteiger partial charge >= 0.3 is 12.3 Å². The van der Waals surface area contributed by atoms with E-state index in [0.717, 1.165) is 5.56 Å². The molecule has 0 aliphatic heterocycles. The molecule has 0 unspecified atom stereocenters. The van der Waals surface area contributed by atoms with Crippen LogP contribution in [0, 0.1) is 0 Å². The molecular weight excluding hydrogens is 238 g/mol. The topological polar surface area (TPSA) is 29.1 Å². The van der Waals surface area contributed by atoms with Crippen molar-refractivity contribution in [1.82, 2.24) is 5.32 Å². The Kier molecular flexibility index (Phi) is 4.48. The summed E-state index contributed by atoms with van der Waals surface area (Å²) < 4.78 is 48.6. The summed E-state index contributed by atoms with van der Waals surface area (Å²) >= 11 is 0. The molecule has 2 nitrogen and oxygen atoms in total. The van der Waals surface area contributed by atoms with Gasteiger partial charge in [0.2, 0.25) is 0 Å². The molecule has 94 valence electrons. The monoisotopic (exact) mass is 249 g/mol. The number of alkyl halides is 4. The summed E-state index contributed by atoms with van der Waals surface area (Å²) in [6.07, 6.45) is -3.68. The van der Waals surface area contributed by atoms with Gasteiger partial charge in [-0.3, -0.25) is 4.79 Å². The lowest BCUT2D eigenvalue weighted by atomic mass is 10.1. The van der Waals surface area contributed by atoms with Gasteiger partial charge in [0, 0.05) is 6.54 Å². The molecule has 0 radical (unpaired) electrons. The predicted octanol–water partition coefficient (Wildman–Crippen LogP) is 2.25. The standard InChI is InChI=1S/C11H11F4NO/c12-9(13)11(14,15)10(17)16-7-6-8-4-2-1-3-5-8/h1-5,9H,6-7H2,(H,16,17). The van der Waals surface area contributed by atoms with Crippen LogP contribution in [-0.4, -0.2) is 24.8 Å². The lowest BCUT2D eigenvalue weighted by Gasteiger charge is -2.14. The highest BCUT2D eigenvalue weighted by atomic mass is 19.3. The first-order chi connectivity index (χ1) is 7.94. The fourth-order valence-corrected chi connectivity index (χ4v) is 1.18. The summed E-state index contributed by atoms with van der Waals surface area (Å²) in [5.41, 5.74) is 0.827. The summed E-state index contributed by atoms with van der Waals surface area (Å²) in [5, 5.41) is 1.78. The van der Waals surface area contributed by atoms with Gasteiger partial charge in [-0.1, -0.05) is 30.3 Å². The van der Waals surface area contributed by atoms with Crippen LogP contribution in [0.4, 0.5) is 17.6 Å². The first kappa shape index (κ1) is 13.5. The predicted molar refractivity (Wildman–Crippen MR) is 54.1 cm³/mol. The molecule has 6 heteroatoms. The van der Waals surface area contributed by atoms with Gasteiger partial charge in [0.15, 0.2) is 0 Å². The minimum Gasteiger partial charge on any atom is -0.350 e. The maximum atomic E-state index is 12.5. The molecule has 0 aliphatic carbocycles. The van der Waals surface area contributed by atoms with E-state index >= 15 is 0 Å². The van der Waals surface area contributed by atoms with Crippen LogP contribution in [0.2, 0.25) is 0 Å². The highest BCUT2D eigenvalue weighted by Gasteiger charge is 2.48. The molecule has 0 fully saturated rings. The molecule has 0 heterocycles. The van der Waals surface area contributed by atoms with E-state index in [0.29, 0.717) is 6.42 Å². The van der Waals surface area contributed by atoms with Crippen LogP contribution in [0.15, 0.2) is 30.3 Å². The zero-order valence-corrected chi connectivity index (χ0v) is 8.80. The third-order valence-corrected chi connectivity index (χ3v) is 2.12. The average molecular weight is 249 g/mol. The first-order valence-electron chi connectivity index (χ1n) is 4.92. The second kappa shape index (κ2) is 5.65. The summed E-state index contributed by atoms with van der Waals surface area (Å²) in [7, 11) is 0. The third-order valence-electron chi connectivity index (χ3n) is 2.12. The normalized spacial score (nSPS) is 11.6. The van der Waals surface area contributed by atoms with Crippen LogP contribution in [0.25, 0.3) is 0 Å². The Bertz CT molecular complexity index is 367. The SMILES string of the molecule is O=C(NCCc1ccccc1)C(F)(F)C(F)F. The second-order valence-electron chi connectivity index (χ2n) is 3.42. The molecule has 0 aliphatic rings. The zero-order chi connectivity index (χ0) is 12.9. The van der Waals surface area contributed by atoms with Gasteiger partial charge in [0.25, 0.3) is 5.91 Å². The molecule has 17 heavy (non-hydrogen) atoms. The van der Waals surface area contributed by atoms with E-state index in [1.54, 1.807) is 35.6 Å². The van der Waals surface area contributed by atoms with Crippen molar-refractivity contribution in [2.75, 3.05) is 6.54 Å². The van der Waals surface area contributed by atoms with Crippen molar-refractivity contribution in [2.45, 2.75) is 18.8 Å². The number of nitrogens with one attached hydrogen (secondary N) is 1. The Balaban J connectivity index is 2.40. The van der Waals surface area contributed by atoms with Crippen molar-refractivity contribution in [2.24, 2.45) is 0 Å². The average Bonchev–Trinajstić information content (AvgIpc) is 2.30. The highest BCUT2D eigenvalue weighted by Crippen LogP contribution is 2.22. The van der Waals surface area contributed by atoms with Crippen molar-refractivity contribution in [3.63, 3.8) is 0 Å². The molecule has 1 rings (SSSR count). The molecule has 1 amide bonds. The molecule has 0 saturated carbocycles. The van der Waals surface area contributed by atoms with Crippen LogP contribution in [0.5, 0.6) is 0 Å². The maximum Gasteiger partial charge on any atom is 0.383 e. The minimum atomic E-state index is -4.63. The summed E-state index contributed by atoms with van der Waals surface area (Å²) in [5.74, 6) is -6.57. The number of rotatable bonds is 5. The number of hydrogen-bond donors (Lipinski definition) is 1. The Labute approximate surface area is 95.6 Å². The minimum absolute atomic E-state index is 0.106. The Hall–Kier alpha value is -1.59. The van der Waals surface area contributed by atoms with E-state index in [2.05, 4.69) is 0 Å². The van der Waals surface area contributed by atoms with Gasteiger partial charge in [0.05, 0.1) is 0 Å².